The first-order valence-electron chi connectivity index (χ1n) is 5.50. The molecule has 19 heavy (non-hydrogen) atoms. The number of nitro groups is 1. The Morgan fingerprint density at radius 3 is 2.89 bits per heavy atom. The fourth-order valence-corrected chi connectivity index (χ4v) is 1.82. The smallest absolute Gasteiger partial charge is 0.295 e. The molecule has 1 aromatic rings. The number of hydrogen-bond donors (Lipinski definition) is 2. The van der Waals surface area contributed by atoms with Gasteiger partial charge in [0.05, 0.1) is 28.2 Å². The van der Waals surface area contributed by atoms with Crippen LogP contribution in [-0.4, -0.2) is 36.4 Å². The second-order valence-electron chi connectivity index (χ2n) is 3.87. The summed E-state index contributed by atoms with van der Waals surface area (Å²) in [5, 5.41) is 23.0. The molecule has 8 heteroatoms. The van der Waals surface area contributed by atoms with E-state index in [9.17, 15) is 19.6 Å². The molecule has 0 heterocycles. The maximum atomic E-state index is 13.2. The number of anilines is 1. The zero-order valence-electron chi connectivity index (χ0n) is 10.2. The molecule has 106 valence electrons. The Morgan fingerprint density at radius 2 is 2.32 bits per heavy atom. The van der Waals surface area contributed by atoms with Crippen molar-refractivity contribution < 1.29 is 19.2 Å². The first-order chi connectivity index (χ1) is 8.95. The summed E-state index contributed by atoms with van der Waals surface area (Å²) in [6.07, 6.45) is -0.291. The fourth-order valence-electron chi connectivity index (χ4n) is 1.48. The van der Waals surface area contributed by atoms with E-state index >= 15 is 0 Å². The van der Waals surface area contributed by atoms with Crippen LogP contribution in [0.5, 0.6) is 0 Å². The monoisotopic (exact) mass is 336 g/mol. The van der Waals surface area contributed by atoms with Gasteiger partial charge in [0.1, 0.15) is 11.5 Å². The number of ether oxygens (including phenoxy) is 1. The van der Waals surface area contributed by atoms with Crippen molar-refractivity contribution in [3.63, 3.8) is 0 Å². The van der Waals surface area contributed by atoms with Gasteiger partial charge in [0.25, 0.3) is 5.69 Å². The van der Waals surface area contributed by atoms with Crippen LogP contribution in [0.1, 0.15) is 6.42 Å². The van der Waals surface area contributed by atoms with Crippen molar-refractivity contribution in [1.29, 1.82) is 0 Å². The summed E-state index contributed by atoms with van der Waals surface area (Å²) >= 11 is 2.97. The maximum Gasteiger partial charge on any atom is 0.295 e. The normalized spacial score (nSPS) is 12.2. The molecule has 1 atom stereocenters. The summed E-state index contributed by atoms with van der Waals surface area (Å²) in [6, 6.07) is 2.15. The summed E-state index contributed by atoms with van der Waals surface area (Å²) in [6.45, 7) is 0.500. The molecule has 0 radical (unpaired) electrons. The Bertz CT molecular complexity index is 459. The Kier molecular flexibility index (Phi) is 6.13. The standard InChI is InChI=1S/C11H14BrFN2O4/c1-19-6-7(16)2-3-14-10-4-8(12)9(13)5-11(10)15(17)18/h4-5,7,14,16H,2-3,6H2,1H3. The van der Waals surface area contributed by atoms with Gasteiger partial charge in [0.2, 0.25) is 0 Å². The Morgan fingerprint density at radius 1 is 1.63 bits per heavy atom. The number of aliphatic hydroxyl groups excluding tert-OH is 1. The second-order valence-corrected chi connectivity index (χ2v) is 4.72. The molecule has 6 nitrogen and oxygen atoms in total. The number of nitrogens with one attached hydrogen (secondary N) is 1. The third kappa shape index (κ3) is 4.73. The molecular formula is C11H14BrFN2O4. The fraction of sp³-hybridized carbons (Fsp3) is 0.455. The molecule has 0 aliphatic carbocycles. The van der Waals surface area contributed by atoms with E-state index < -0.39 is 16.8 Å². The van der Waals surface area contributed by atoms with Gasteiger partial charge in [0, 0.05) is 13.7 Å². The lowest BCUT2D eigenvalue weighted by Gasteiger charge is -2.11. The van der Waals surface area contributed by atoms with Crippen LogP contribution in [-0.2, 0) is 4.74 Å². The number of benzene rings is 1. The van der Waals surface area contributed by atoms with Crippen LogP contribution in [0.2, 0.25) is 0 Å². The highest BCUT2D eigenvalue weighted by atomic mass is 79.9. The summed E-state index contributed by atoms with van der Waals surface area (Å²) in [5.74, 6) is -0.698. The lowest BCUT2D eigenvalue weighted by atomic mass is 10.2. The van der Waals surface area contributed by atoms with Crippen molar-refractivity contribution in [3.8, 4) is 0 Å². The highest BCUT2D eigenvalue weighted by Crippen LogP contribution is 2.30. The van der Waals surface area contributed by atoms with Gasteiger partial charge in [0.15, 0.2) is 0 Å². The largest absolute Gasteiger partial charge is 0.391 e. The third-order valence-corrected chi connectivity index (χ3v) is 3.00. The summed E-state index contributed by atoms with van der Waals surface area (Å²) < 4.78 is 18.1. The number of methoxy groups -OCH3 is 1. The highest BCUT2D eigenvalue weighted by molar-refractivity contribution is 9.10. The van der Waals surface area contributed by atoms with E-state index in [4.69, 9.17) is 4.74 Å². The van der Waals surface area contributed by atoms with Crippen molar-refractivity contribution in [1.82, 2.24) is 0 Å². The molecule has 1 rings (SSSR count). The highest BCUT2D eigenvalue weighted by Gasteiger charge is 2.17. The predicted octanol–water partition coefficient (Wildman–Crippen LogP) is 2.31. The molecule has 0 saturated heterocycles. The van der Waals surface area contributed by atoms with Crippen molar-refractivity contribution >= 4 is 27.3 Å². The maximum absolute atomic E-state index is 13.2. The predicted molar refractivity (Wildman–Crippen MR) is 71.7 cm³/mol. The zero-order chi connectivity index (χ0) is 14.4. The van der Waals surface area contributed by atoms with Gasteiger partial charge in [-0.1, -0.05) is 0 Å². The van der Waals surface area contributed by atoms with Crippen LogP contribution in [0.25, 0.3) is 0 Å². The van der Waals surface area contributed by atoms with E-state index in [2.05, 4.69) is 21.2 Å². The molecule has 0 aromatic heterocycles. The summed E-state index contributed by atoms with van der Waals surface area (Å²) in [5.41, 5.74) is -0.148. The first kappa shape index (κ1) is 15.8. The molecule has 0 bridgehead atoms. The number of nitrogens with zero attached hydrogens (tertiary/aromatic N) is 1. The van der Waals surface area contributed by atoms with Gasteiger partial charge in [-0.2, -0.15) is 0 Å². The van der Waals surface area contributed by atoms with E-state index in [0.717, 1.165) is 6.07 Å². The van der Waals surface area contributed by atoms with E-state index in [1.54, 1.807) is 0 Å². The number of hydrogen-bond acceptors (Lipinski definition) is 5. The minimum Gasteiger partial charge on any atom is -0.391 e. The van der Waals surface area contributed by atoms with Crippen LogP contribution in [0.15, 0.2) is 16.6 Å². The van der Waals surface area contributed by atoms with Crippen LogP contribution in [0.3, 0.4) is 0 Å². The zero-order valence-corrected chi connectivity index (χ0v) is 11.8. The number of nitro benzene ring substituents is 1. The van der Waals surface area contributed by atoms with Crippen molar-refractivity contribution in [2.24, 2.45) is 0 Å². The number of halogens is 2. The second kappa shape index (κ2) is 7.37. The molecule has 0 aliphatic heterocycles. The molecule has 1 unspecified atom stereocenters. The SMILES string of the molecule is COCC(O)CCNc1cc(Br)c(F)cc1[N+](=O)[O-]. The Balaban J connectivity index is 2.72. The van der Waals surface area contributed by atoms with E-state index in [1.807, 2.05) is 0 Å². The van der Waals surface area contributed by atoms with E-state index in [-0.39, 0.29) is 22.5 Å². The van der Waals surface area contributed by atoms with Crippen molar-refractivity contribution in [2.45, 2.75) is 12.5 Å². The molecule has 0 aliphatic rings. The molecule has 1 aromatic carbocycles. The van der Waals surface area contributed by atoms with Crippen LogP contribution < -0.4 is 5.32 Å². The molecule has 2 N–H and O–H groups in total. The molecule has 0 amide bonds. The van der Waals surface area contributed by atoms with E-state index in [0.29, 0.717) is 13.0 Å². The minimum absolute atomic E-state index is 0.137. The molecular weight excluding hydrogens is 323 g/mol. The van der Waals surface area contributed by atoms with E-state index in [1.165, 1.54) is 13.2 Å². The average Bonchev–Trinajstić information content (AvgIpc) is 2.33. The molecule has 0 spiro atoms. The lowest BCUT2D eigenvalue weighted by Crippen LogP contribution is -2.18. The Hall–Kier alpha value is -1.25. The third-order valence-electron chi connectivity index (χ3n) is 2.39. The summed E-state index contributed by atoms with van der Waals surface area (Å²) in [4.78, 5) is 10.1. The van der Waals surface area contributed by atoms with Crippen LogP contribution in [0, 0.1) is 15.9 Å². The Labute approximate surface area is 117 Å². The van der Waals surface area contributed by atoms with Gasteiger partial charge >= 0.3 is 0 Å². The van der Waals surface area contributed by atoms with Crippen molar-refractivity contribution in [3.05, 3.63) is 32.5 Å². The molecule has 0 saturated carbocycles. The number of rotatable bonds is 7. The van der Waals surface area contributed by atoms with Gasteiger partial charge in [-0.15, -0.1) is 0 Å². The summed E-state index contributed by atoms with van der Waals surface area (Å²) in [7, 11) is 1.47. The van der Waals surface area contributed by atoms with Crippen LogP contribution >= 0.6 is 15.9 Å². The van der Waals surface area contributed by atoms with Crippen molar-refractivity contribution in [2.75, 3.05) is 25.6 Å². The number of aliphatic hydroxyl groups is 1. The lowest BCUT2D eigenvalue weighted by molar-refractivity contribution is -0.384. The van der Waals surface area contributed by atoms with Crippen LogP contribution in [0.4, 0.5) is 15.8 Å². The van der Waals surface area contributed by atoms with Gasteiger partial charge in [-0.3, -0.25) is 10.1 Å². The average molecular weight is 337 g/mol. The first-order valence-corrected chi connectivity index (χ1v) is 6.29. The van der Waals surface area contributed by atoms with Gasteiger partial charge in [-0.25, -0.2) is 4.39 Å². The molecule has 0 fully saturated rings. The topological polar surface area (TPSA) is 84.6 Å². The quantitative estimate of drug-likeness (QED) is 0.589. The van der Waals surface area contributed by atoms with Gasteiger partial charge < -0.3 is 15.2 Å². The minimum atomic E-state index is -0.698. The van der Waals surface area contributed by atoms with Gasteiger partial charge in [-0.05, 0) is 28.4 Å².